The molecule has 0 N–H and O–H groups in total. The average Bonchev–Trinajstić information content (AvgIpc) is 2.67. The van der Waals surface area contributed by atoms with Crippen molar-refractivity contribution in [1.82, 2.24) is 0 Å². The van der Waals surface area contributed by atoms with Gasteiger partial charge in [-0.05, 0) is 0 Å². The first-order valence-electron chi connectivity index (χ1n) is 6.17. The van der Waals surface area contributed by atoms with Crippen LogP contribution in [0.1, 0.15) is 0 Å². The van der Waals surface area contributed by atoms with Gasteiger partial charge in [-0.2, -0.15) is 0 Å². The maximum absolute atomic E-state index is 10.5. The molecule has 0 aliphatic heterocycles. The van der Waals surface area contributed by atoms with Crippen LogP contribution in [0.3, 0.4) is 0 Å². The first kappa shape index (κ1) is 46.9. The molecule has 0 atom stereocenters. The normalized spacial score (nSPS) is 13.5. The molecule has 41 heteroatoms. The predicted molar refractivity (Wildman–Crippen MR) is 101 cm³/mol. The van der Waals surface area contributed by atoms with Crippen LogP contribution in [0.2, 0.25) is 0 Å². The van der Waals surface area contributed by atoms with Gasteiger partial charge < -0.3 is 0 Å². The number of hydrogen-bond acceptors (Lipinski definition) is 24. The van der Waals surface area contributed by atoms with E-state index in [9.17, 15) is 121 Å². The van der Waals surface area contributed by atoms with E-state index in [1.165, 1.54) is 0 Å². The van der Waals surface area contributed by atoms with Crippen molar-refractivity contribution in [3.63, 3.8) is 0 Å². The van der Waals surface area contributed by atoms with Gasteiger partial charge in [0, 0.05) is 0 Å². The molecule has 228 valence electrons. The molecule has 0 radical (unpaired) electrons. The average molecular weight is 743 g/mol. The summed E-state index contributed by atoms with van der Waals surface area (Å²) in [6, 6.07) is 0. The molecule has 0 bridgehead atoms. The second-order valence-corrected chi connectivity index (χ2v) is 15.2. The summed E-state index contributed by atoms with van der Waals surface area (Å²) in [5.41, 5.74) is 0. The first-order chi connectivity index (χ1) is 16.7. The van der Waals surface area contributed by atoms with Crippen LogP contribution in [-0.4, -0.2) is 117 Å². The zero-order chi connectivity index (χ0) is 31.7. The van der Waals surface area contributed by atoms with E-state index in [1.54, 1.807) is 0 Å². The van der Waals surface area contributed by atoms with Gasteiger partial charge in [-0.15, -0.1) is 0 Å². The third kappa shape index (κ3) is 3.12. The van der Waals surface area contributed by atoms with Crippen molar-refractivity contribution in [2.45, 2.75) is 0 Å². The van der Waals surface area contributed by atoms with E-state index >= 15 is 0 Å². The van der Waals surface area contributed by atoms with E-state index in [1.807, 2.05) is 0 Å². The number of nitrogens with zero attached hydrogens (tertiary/aromatic N) is 12. The van der Waals surface area contributed by atoms with Crippen LogP contribution in [0, 0.1) is 121 Å². The minimum atomic E-state index is -10.3. The van der Waals surface area contributed by atoms with Gasteiger partial charge >= 0.3 is 262 Å². The standard InChI is InChI=1S/2Co.3Mg.12NO2/c;;;;;12*2-1-3/q2*-3;3*+2;;;;;;;;;;;;. The molecule has 0 amide bonds. The van der Waals surface area contributed by atoms with E-state index in [2.05, 4.69) is 0 Å². The quantitative estimate of drug-likeness (QED) is 0.103. The summed E-state index contributed by atoms with van der Waals surface area (Å²) in [4.78, 5) is 126. The molecule has 0 saturated heterocycles. The van der Waals surface area contributed by atoms with Crippen LogP contribution in [0.4, 0.5) is 0 Å². The van der Waals surface area contributed by atoms with Crippen molar-refractivity contribution in [2.24, 2.45) is 0 Å². The van der Waals surface area contributed by atoms with Crippen molar-refractivity contribution in [3.8, 4) is 0 Å². The van der Waals surface area contributed by atoms with Crippen molar-refractivity contribution in [3.05, 3.63) is 121 Å². The molecule has 0 aliphatic carbocycles. The minimum Gasteiger partial charge on any atom is 2.00 e. The van der Waals surface area contributed by atoms with Crippen molar-refractivity contribution < 1.29 is 71.3 Å². The van der Waals surface area contributed by atoms with Crippen molar-refractivity contribution in [2.75, 3.05) is 0 Å². The summed E-state index contributed by atoms with van der Waals surface area (Å²) >= 11 is -20.5. The Balaban J connectivity index is -0.000000196. The van der Waals surface area contributed by atoms with Crippen LogP contribution in [-0.2, 0) is 23.6 Å². The maximum atomic E-state index is 10.5. The summed E-state index contributed by atoms with van der Waals surface area (Å²) in [6.07, 6.45) is 0. The Kier molecular flexibility index (Phi) is 13.2. The van der Waals surface area contributed by atoms with Crippen molar-refractivity contribution >= 4 is 69.2 Å². The van der Waals surface area contributed by atoms with Crippen LogP contribution in [0.5, 0.6) is 0 Å². The maximum Gasteiger partial charge on any atom is 2.00 e. The summed E-state index contributed by atoms with van der Waals surface area (Å²) in [5.74, 6) is 0. The van der Waals surface area contributed by atoms with Crippen LogP contribution in [0.25, 0.3) is 0 Å². The fourth-order valence-electron chi connectivity index (χ4n) is 1.33. The van der Waals surface area contributed by atoms with Gasteiger partial charge in [-0.25, -0.2) is 0 Å². The molecule has 0 unspecified atom stereocenters. The molecular formula is Co2Mg3N12O24. The molecule has 0 fully saturated rings. The molecule has 0 aromatic carbocycles. The summed E-state index contributed by atoms with van der Waals surface area (Å²) in [6.45, 7) is 0. The largest absolute Gasteiger partial charge is 2.00 e. The fourth-order valence-corrected chi connectivity index (χ4v) is 5.50. The Bertz CT molecular complexity index is 968. The monoisotopic (exact) mass is 742 g/mol. The van der Waals surface area contributed by atoms with Crippen LogP contribution >= 0.6 is 0 Å². The second kappa shape index (κ2) is 11.5. The van der Waals surface area contributed by atoms with Gasteiger partial charge in [0.15, 0.2) is 0 Å². The van der Waals surface area contributed by atoms with Gasteiger partial charge in [0.1, 0.15) is 0 Å². The van der Waals surface area contributed by atoms with E-state index < -0.39 is 71.3 Å². The Morgan fingerprint density at radius 2 is 0.268 bits per heavy atom. The molecule has 0 rings (SSSR count). The first-order valence-corrected chi connectivity index (χ1v) is 11.8. The second-order valence-electron chi connectivity index (χ2n) is 4.36. The van der Waals surface area contributed by atoms with E-state index in [-0.39, 0.29) is 69.2 Å². The molecule has 0 saturated carbocycles. The van der Waals surface area contributed by atoms with Gasteiger partial charge in [-0.1, -0.05) is 0 Å². The van der Waals surface area contributed by atoms with Gasteiger partial charge in [0.25, 0.3) is 0 Å². The van der Waals surface area contributed by atoms with Gasteiger partial charge in [0.2, 0.25) is 0 Å². The summed E-state index contributed by atoms with van der Waals surface area (Å²) in [7, 11) is 0. The predicted octanol–water partition coefficient (Wildman–Crippen LogP) is -4.42. The molecule has 0 aromatic heterocycles. The van der Waals surface area contributed by atoms with E-state index in [0.717, 1.165) is 0 Å². The molecule has 41 heavy (non-hydrogen) atoms. The number of hydrogen-bond donors (Lipinski definition) is 0. The van der Waals surface area contributed by atoms with Gasteiger partial charge in [0.05, 0.1) is 0 Å². The van der Waals surface area contributed by atoms with Crippen molar-refractivity contribution in [1.29, 1.82) is 0 Å². The number of rotatable bonds is 12. The Morgan fingerprint density at radius 1 is 0.220 bits per heavy atom. The molecule has 0 aromatic rings. The molecule has 0 heterocycles. The molecule has 0 spiro atoms. The smallest absolute Gasteiger partial charge is 2.00 e. The molecular weight excluding hydrogens is 743 g/mol. The SMILES string of the molecule is O=[N+]([O-])[Co-3]([N+](=O)[O-])([N+](=O)[O-])([N+](=O)[O-])([N+](=O)[O-])[N+](=O)[O-].O=[N+]([O-])[Co-3]([N+](=O)[O-])([N+](=O)[O-])([N+](=O)[O-])([N+](=O)[O-])[N+](=O)[O-].[Mg+2].[Mg+2].[Mg+2]. The Labute approximate surface area is 260 Å². The summed E-state index contributed by atoms with van der Waals surface area (Å²) in [5, 5.41) is 126. The molecule has 0 aliphatic rings. The molecule has 36 nitrogen and oxygen atoms in total. The third-order valence-electron chi connectivity index (χ3n) is 3.27. The topological polar surface area (TPSA) is 518 Å². The summed E-state index contributed by atoms with van der Waals surface area (Å²) < 4.78 is -39.1. The fraction of sp³-hybridized carbons (Fsp3) is 0. The minimum absolute atomic E-state index is 0. The van der Waals surface area contributed by atoms with Gasteiger partial charge in [-0.3, -0.25) is 0 Å². The zero-order valence-electron chi connectivity index (χ0n) is 18.0. The number of nitro groups is 12. The van der Waals surface area contributed by atoms with E-state index in [4.69, 9.17) is 0 Å². The van der Waals surface area contributed by atoms with Crippen LogP contribution < -0.4 is 0 Å². The Morgan fingerprint density at radius 3 is 0.268 bits per heavy atom. The third-order valence-corrected chi connectivity index (χ3v) is 13.5. The van der Waals surface area contributed by atoms with Crippen LogP contribution in [0.15, 0.2) is 0 Å². The zero-order valence-corrected chi connectivity index (χ0v) is 24.3. The Hall–Kier alpha value is -3.89. The van der Waals surface area contributed by atoms with E-state index in [0.29, 0.717) is 0 Å².